The number of nitrogens with one attached hydrogen (secondary N) is 1. The van der Waals surface area contributed by atoms with Crippen LogP contribution in [-0.4, -0.2) is 24.5 Å². The molecule has 1 fully saturated rings. The molecule has 1 unspecified atom stereocenters. The smallest absolute Gasteiger partial charge is 0.244 e. The van der Waals surface area contributed by atoms with E-state index in [4.69, 9.17) is 11.6 Å². The zero-order valence-corrected chi connectivity index (χ0v) is 11.8. The second kappa shape index (κ2) is 5.29. The Balaban J connectivity index is 2.18. The van der Waals surface area contributed by atoms with Crippen molar-refractivity contribution < 1.29 is 4.79 Å². The highest BCUT2D eigenvalue weighted by Crippen LogP contribution is 2.27. The van der Waals surface area contributed by atoms with Crippen LogP contribution in [0.5, 0.6) is 0 Å². The molecule has 98 valence electrons. The minimum atomic E-state index is -0.0555. The van der Waals surface area contributed by atoms with E-state index in [0.29, 0.717) is 11.1 Å². The van der Waals surface area contributed by atoms with Crippen molar-refractivity contribution in [3.63, 3.8) is 0 Å². The van der Waals surface area contributed by atoms with Crippen molar-refractivity contribution in [2.75, 3.05) is 11.4 Å². The van der Waals surface area contributed by atoms with Crippen LogP contribution in [0.1, 0.15) is 25.8 Å². The summed E-state index contributed by atoms with van der Waals surface area (Å²) in [6.07, 6.45) is 0.860. The van der Waals surface area contributed by atoms with Crippen molar-refractivity contribution in [3.8, 4) is 0 Å². The average molecular weight is 267 g/mol. The molecule has 0 aliphatic carbocycles. The van der Waals surface area contributed by atoms with Gasteiger partial charge in [0.2, 0.25) is 5.91 Å². The lowest BCUT2D eigenvalue weighted by molar-refractivity contribution is -0.118. The molecule has 1 aromatic rings. The van der Waals surface area contributed by atoms with E-state index in [1.807, 2.05) is 30.0 Å². The lowest BCUT2D eigenvalue weighted by atomic mass is 10.2. The van der Waals surface area contributed by atoms with Crippen molar-refractivity contribution in [2.24, 2.45) is 0 Å². The van der Waals surface area contributed by atoms with Gasteiger partial charge in [-0.3, -0.25) is 4.79 Å². The van der Waals surface area contributed by atoms with Crippen LogP contribution in [0, 0.1) is 6.92 Å². The first kappa shape index (κ1) is 13.4. The summed E-state index contributed by atoms with van der Waals surface area (Å²) in [7, 11) is 0. The van der Waals surface area contributed by atoms with Crippen LogP contribution in [-0.2, 0) is 4.79 Å². The fraction of sp³-hybridized carbons (Fsp3) is 0.500. The molecule has 1 heterocycles. The molecule has 1 amide bonds. The van der Waals surface area contributed by atoms with Crippen molar-refractivity contribution in [1.82, 2.24) is 5.32 Å². The van der Waals surface area contributed by atoms with Crippen LogP contribution < -0.4 is 10.2 Å². The number of hydrogen-bond donors (Lipinski definition) is 1. The van der Waals surface area contributed by atoms with E-state index in [1.54, 1.807) is 0 Å². The number of aryl methyl sites for hydroxylation is 1. The first-order valence-electron chi connectivity index (χ1n) is 6.32. The summed E-state index contributed by atoms with van der Waals surface area (Å²) in [5.41, 5.74) is 2.01. The van der Waals surface area contributed by atoms with Gasteiger partial charge in [-0.15, -0.1) is 0 Å². The molecule has 1 saturated heterocycles. The molecular formula is C14H19ClN2O. The Morgan fingerprint density at radius 3 is 2.78 bits per heavy atom. The van der Waals surface area contributed by atoms with Gasteiger partial charge in [-0.2, -0.15) is 0 Å². The molecule has 1 aliphatic rings. The minimum Gasteiger partial charge on any atom is -0.311 e. The van der Waals surface area contributed by atoms with Crippen LogP contribution >= 0.6 is 11.6 Å². The van der Waals surface area contributed by atoms with Crippen molar-refractivity contribution >= 4 is 23.2 Å². The van der Waals surface area contributed by atoms with Gasteiger partial charge < -0.3 is 10.2 Å². The summed E-state index contributed by atoms with van der Waals surface area (Å²) in [4.78, 5) is 14.2. The highest BCUT2D eigenvalue weighted by atomic mass is 35.5. The van der Waals surface area contributed by atoms with Crippen molar-refractivity contribution in [3.05, 3.63) is 28.8 Å². The molecule has 1 atom stereocenters. The molecular weight excluding hydrogens is 248 g/mol. The van der Waals surface area contributed by atoms with E-state index in [9.17, 15) is 4.79 Å². The third-order valence-electron chi connectivity index (χ3n) is 3.19. The van der Waals surface area contributed by atoms with Crippen LogP contribution in [0.2, 0.25) is 5.02 Å². The van der Waals surface area contributed by atoms with Gasteiger partial charge in [0, 0.05) is 23.3 Å². The normalized spacial score (nSPS) is 19.9. The Bertz CT molecular complexity index is 459. The maximum atomic E-state index is 12.3. The third-order valence-corrected chi connectivity index (χ3v) is 3.42. The zero-order valence-electron chi connectivity index (χ0n) is 11.0. The average Bonchev–Trinajstić information content (AvgIpc) is 2.60. The van der Waals surface area contributed by atoms with Gasteiger partial charge in [0.05, 0.1) is 6.04 Å². The van der Waals surface area contributed by atoms with Gasteiger partial charge in [-0.05, 0) is 37.1 Å². The molecule has 1 aromatic carbocycles. The molecule has 0 spiro atoms. The quantitative estimate of drug-likeness (QED) is 0.912. The fourth-order valence-corrected chi connectivity index (χ4v) is 2.62. The standard InChI is InChI=1S/C14H19ClN2O/c1-9(2)16-12-6-7-17(14(12)18)13-5-4-11(15)8-10(13)3/h4-5,8-9,12,16H,6-7H2,1-3H3. The SMILES string of the molecule is Cc1cc(Cl)ccc1N1CCC(NC(C)C)C1=O. The summed E-state index contributed by atoms with van der Waals surface area (Å²) in [6.45, 7) is 6.87. The van der Waals surface area contributed by atoms with Crippen LogP contribution in [0.15, 0.2) is 18.2 Å². The summed E-state index contributed by atoms with van der Waals surface area (Å²) in [5, 5.41) is 4.01. The van der Waals surface area contributed by atoms with Crippen molar-refractivity contribution in [1.29, 1.82) is 0 Å². The first-order valence-corrected chi connectivity index (χ1v) is 6.70. The maximum Gasteiger partial charge on any atom is 0.244 e. The number of amides is 1. The summed E-state index contributed by atoms with van der Waals surface area (Å²) < 4.78 is 0. The molecule has 0 aromatic heterocycles. The van der Waals surface area contributed by atoms with Gasteiger partial charge in [0.1, 0.15) is 0 Å². The lowest BCUT2D eigenvalue weighted by Crippen LogP contribution is -2.41. The number of nitrogens with zero attached hydrogens (tertiary/aromatic N) is 1. The maximum absolute atomic E-state index is 12.3. The number of carbonyl (C=O) groups is 1. The largest absolute Gasteiger partial charge is 0.311 e. The molecule has 3 nitrogen and oxygen atoms in total. The predicted molar refractivity (Wildman–Crippen MR) is 75.2 cm³/mol. The Morgan fingerprint density at radius 2 is 2.17 bits per heavy atom. The van der Waals surface area contributed by atoms with E-state index in [-0.39, 0.29) is 11.9 Å². The van der Waals surface area contributed by atoms with Crippen LogP contribution in [0.25, 0.3) is 0 Å². The minimum absolute atomic E-state index is 0.0555. The molecule has 4 heteroatoms. The molecule has 0 bridgehead atoms. The topological polar surface area (TPSA) is 32.3 Å². The molecule has 2 rings (SSSR count). The lowest BCUT2D eigenvalue weighted by Gasteiger charge is -2.20. The molecule has 0 radical (unpaired) electrons. The van der Waals surface area contributed by atoms with E-state index in [0.717, 1.165) is 24.2 Å². The molecule has 1 aliphatic heterocycles. The monoisotopic (exact) mass is 266 g/mol. The van der Waals surface area contributed by atoms with Crippen molar-refractivity contribution in [2.45, 2.75) is 39.3 Å². The second-order valence-corrected chi connectivity index (χ2v) is 5.52. The fourth-order valence-electron chi connectivity index (χ4n) is 2.40. The summed E-state index contributed by atoms with van der Waals surface area (Å²) >= 11 is 5.94. The van der Waals surface area contributed by atoms with E-state index >= 15 is 0 Å². The number of benzene rings is 1. The number of carbonyl (C=O) groups excluding carboxylic acids is 1. The van der Waals surface area contributed by atoms with Gasteiger partial charge >= 0.3 is 0 Å². The van der Waals surface area contributed by atoms with Crippen LogP contribution in [0.4, 0.5) is 5.69 Å². The number of hydrogen-bond acceptors (Lipinski definition) is 2. The number of halogens is 1. The van der Waals surface area contributed by atoms with Crippen LogP contribution in [0.3, 0.4) is 0 Å². The predicted octanol–water partition coefficient (Wildman–Crippen LogP) is 2.75. The van der Waals surface area contributed by atoms with E-state index in [2.05, 4.69) is 19.2 Å². The highest BCUT2D eigenvalue weighted by Gasteiger charge is 2.33. The summed E-state index contributed by atoms with van der Waals surface area (Å²) in [5.74, 6) is 0.161. The molecule has 18 heavy (non-hydrogen) atoms. The Hall–Kier alpha value is -1.06. The van der Waals surface area contributed by atoms with E-state index < -0.39 is 0 Å². The van der Waals surface area contributed by atoms with Gasteiger partial charge in [-0.1, -0.05) is 25.4 Å². The number of rotatable bonds is 3. The number of anilines is 1. The highest BCUT2D eigenvalue weighted by molar-refractivity contribution is 6.30. The Morgan fingerprint density at radius 1 is 1.44 bits per heavy atom. The first-order chi connectivity index (χ1) is 8.49. The third kappa shape index (κ3) is 2.68. The van der Waals surface area contributed by atoms with Gasteiger partial charge in [-0.25, -0.2) is 0 Å². The molecule has 1 N–H and O–H groups in total. The molecule has 0 saturated carbocycles. The Labute approximate surface area is 113 Å². The summed E-state index contributed by atoms with van der Waals surface area (Å²) in [6, 6.07) is 5.92. The van der Waals surface area contributed by atoms with E-state index in [1.165, 1.54) is 0 Å². The Kier molecular flexibility index (Phi) is 3.93. The zero-order chi connectivity index (χ0) is 13.3. The second-order valence-electron chi connectivity index (χ2n) is 5.08. The van der Waals surface area contributed by atoms with Gasteiger partial charge in [0.25, 0.3) is 0 Å². The van der Waals surface area contributed by atoms with Gasteiger partial charge in [0.15, 0.2) is 0 Å².